The van der Waals surface area contributed by atoms with Crippen molar-refractivity contribution in [3.05, 3.63) is 179 Å². The largest absolute Gasteiger partial charge is 1.00 e. The standard InChI is InChI=1S/C67H70ClN6O13S.Na/c1-7-8-9-10-11-12-13-14-15-24-39-82-66(77)47-33-37-55(68)57(40-47)69-64(76)63(61(75)46-31-34-50(80-5)35-32-46)85-65-54(45(4)72-74(65)49-27-20-17-21-28-49)43-83-51-36-38-59(81-6)58(41-51)73-88(79)87-60-42-56(71-70-48-25-18-16-19-26-48)52-29-22-23-30-53(52)62(60)86-67(78)84-44(2)3;/h17-23,25-38,40-42,44,63,73H,7-15,24,39,43H2,1-6H3,(H,69,76);/q-1;+1. The maximum absolute atomic E-state index is 14.8. The minimum Gasteiger partial charge on any atom is -0.497 e. The number of carbonyl (C=O) groups is 4. The number of rotatable bonds is 32. The van der Waals surface area contributed by atoms with Crippen LogP contribution in [-0.2, 0) is 32.1 Å². The van der Waals surface area contributed by atoms with Gasteiger partial charge in [0.15, 0.2) is 11.5 Å². The van der Waals surface area contributed by atoms with E-state index in [1.165, 1.54) is 99.9 Å². The van der Waals surface area contributed by atoms with Gasteiger partial charge in [-0.25, -0.2) is 14.3 Å². The summed E-state index contributed by atoms with van der Waals surface area (Å²) in [6.07, 6.45) is 7.90. The van der Waals surface area contributed by atoms with Gasteiger partial charge in [-0.05, 0) is 99.6 Å². The number of esters is 1. The number of hydrogen-bond donors (Lipinski definition) is 2. The summed E-state index contributed by atoms with van der Waals surface area (Å²) in [4.78, 5) is 55.9. The zero-order valence-electron chi connectivity index (χ0n) is 50.9. The molecule has 0 aliphatic carbocycles. The zero-order valence-corrected chi connectivity index (χ0v) is 54.5. The number of Topliss-reactive ketones (excluding diaryl/α,β-unsaturated/α-hetero) is 1. The second-order valence-corrected chi connectivity index (χ2v) is 21.8. The third-order valence-corrected chi connectivity index (χ3v) is 14.8. The molecule has 0 aliphatic rings. The number of benzene rings is 7. The van der Waals surface area contributed by atoms with Crippen LogP contribution in [0.2, 0.25) is 5.02 Å². The monoisotopic (exact) mass is 1260 g/mol. The summed E-state index contributed by atoms with van der Waals surface area (Å²) in [5.41, 5.74) is 2.57. The molecule has 22 heteroatoms. The molecule has 2 atom stereocenters. The van der Waals surface area contributed by atoms with Crippen LogP contribution in [0.3, 0.4) is 0 Å². The molecule has 460 valence electrons. The molecule has 19 nitrogen and oxygen atoms in total. The maximum atomic E-state index is 14.8. The first-order valence-electron chi connectivity index (χ1n) is 29.0. The first-order chi connectivity index (χ1) is 42.7. The Morgan fingerprint density at radius 1 is 0.719 bits per heavy atom. The SMILES string of the molecule is CCCCCCCCCCCCOC(=O)c1ccc(Cl)c(NC(=O)C(Oc2c(COc3ccc(OC)c(NS(=O)Oc4cc(N=Nc5cc[c-]cc5)c5ccccc5c4OC(=O)OC(C)C)c3)c(C)nn2-c2ccccc2)C(=O)c2ccc(OC)cc2)c1.[Na+]. The van der Waals surface area contributed by atoms with Crippen LogP contribution in [0.5, 0.6) is 34.6 Å². The van der Waals surface area contributed by atoms with E-state index in [4.69, 9.17) is 54.0 Å². The Hall–Kier alpha value is -8.27. The molecule has 7 aromatic carbocycles. The molecule has 2 unspecified atom stereocenters. The number of anilines is 2. The van der Waals surface area contributed by atoms with Crippen molar-refractivity contribution in [1.29, 1.82) is 0 Å². The normalized spacial score (nSPS) is 11.7. The van der Waals surface area contributed by atoms with Crippen molar-refractivity contribution < 1.29 is 90.3 Å². The predicted octanol–water partition coefficient (Wildman–Crippen LogP) is 13.1. The van der Waals surface area contributed by atoms with Gasteiger partial charge in [-0.3, -0.25) is 14.3 Å². The summed E-state index contributed by atoms with van der Waals surface area (Å²) in [6.45, 7) is 7.25. The summed E-state index contributed by atoms with van der Waals surface area (Å²) >= 11 is 4.25. The number of aryl methyl sites for hydroxylation is 1. The van der Waals surface area contributed by atoms with Gasteiger partial charge < -0.3 is 42.7 Å². The topological polar surface area (TPSA) is 226 Å². The summed E-state index contributed by atoms with van der Waals surface area (Å²) in [5.74, 6) is -1.57. The van der Waals surface area contributed by atoms with Crippen molar-refractivity contribution in [2.75, 3.05) is 30.9 Å². The minimum atomic E-state index is -2.43. The Labute approximate surface area is 547 Å². The van der Waals surface area contributed by atoms with Gasteiger partial charge in [-0.15, -0.1) is 12.1 Å². The van der Waals surface area contributed by atoms with E-state index >= 15 is 0 Å². The van der Waals surface area contributed by atoms with E-state index < -0.39 is 47.3 Å². The van der Waals surface area contributed by atoms with Crippen molar-refractivity contribution in [3.8, 4) is 40.3 Å². The van der Waals surface area contributed by atoms with E-state index in [-0.39, 0.29) is 99.2 Å². The molecule has 1 aromatic heterocycles. The molecule has 1 amide bonds. The fraction of sp³-hybridized carbons (Fsp3) is 0.299. The average molecular weight is 1260 g/mol. The molecule has 0 bridgehead atoms. The van der Waals surface area contributed by atoms with Crippen LogP contribution in [0, 0.1) is 13.0 Å². The summed E-state index contributed by atoms with van der Waals surface area (Å²) in [5, 5.41) is 17.4. The maximum Gasteiger partial charge on any atom is 1.00 e. The molecule has 0 aliphatic heterocycles. The Kier molecular flexibility index (Phi) is 26.4. The summed E-state index contributed by atoms with van der Waals surface area (Å²) in [7, 11) is 2.91. The predicted molar refractivity (Wildman–Crippen MR) is 338 cm³/mol. The Morgan fingerprint density at radius 2 is 1.38 bits per heavy atom. The van der Waals surface area contributed by atoms with Gasteiger partial charge in [0.2, 0.25) is 17.8 Å². The average Bonchev–Trinajstić information content (AvgIpc) is 3.77. The number of unbranched alkanes of at least 4 members (excludes halogenated alkanes) is 9. The van der Waals surface area contributed by atoms with Gasteiger partial charge in [0.05, 0.1) is 71.5 Å². The zero-order chi connectivity index (χ0) is 62.4. The molecule has 89 heavy (non-hydrogen) atoms. The van der Waals surface area contributed by atoms with Crippen LogP contribution >= 0.6 is 11.6 Å². The van der Waals surface area contributed by atoms with Crippen LogP contribution in [-0.4, -0.2) is 70.8 Å². The number of amides is 1. The Balaban J connectivity index is 0.0000113. The van der Waals surface area contributed by atoms with Gasteiger partial charge in [-0.2, -0.15) is 37.7 Å². The molecule has 0 fully saturated rings. The third-order valence-electron chi connectivity index (χ3n) is 13.8. The van der Waals surface area contributed by atoms with Gasteiger partial charge >= 0.3 is 52.9 Å². The summed E-state index contributed by atoms with van der Waals surface area (Å²) < 4.78 is 65.2. The molecule has 8 rings (SSSR count). The van der Waals surface area contributed by atoms with Gasteiger partial charge in [-0.1, -0.05) is 119 Å². The minimum absolute atomic E-state index is 0. The van der Waals surface area contributed by atoms with Crippen LogP contribution in [0.25, 0.3) is 16.5 Å². The number of nitrogens with one attached hydrogen (secondary N) is 2. The van der Waals surface area contributed by atoms with E-state index in [2.05, 4.69) is 33.3 Å². The number of ketones is 1. The molecular weight excluding hydrogens is 1190 g/mol. The molecule has 0 saturated carbocycles. The second kappa shape index (κ2) is 34.5. The van der Waals surface area contributed by atoms with E-state index in [1.807, 2.05) is 6.07 Å². The van der Waals surface area contributed by atoms with E-state index in [0.29, 0.717) is 51.3 Å². The Morgan fingerprint density at radius 3 is 2.07 bits per heavy atom. The number of methoxy groups -OCH3 is 2. The van der Waals surface area contributed by atoms with Crippen molar-refractivity contribution in [2.45, 2.75) is 111 Å². The third kappa shape index (κ3) is 19.4. The van der Waals surface area contributed by atoms with E-state index in [9.17, 15) is 23.4 Å². The van der Waals surface area contributed by atoms with Gasteiger partial charge in [0, 0.05) is 28.5 Å². The van der Waals surface area contributed by atoms with Crippen molar-refractivity contribution >= 4 is 80.2 Å². The fourth-order valence-electron chi connectivity index (χ4n) is 9.21. The number of ether oxygens (including phenoxy) is 7. The molecule has 0 spiro atoms. The quantitative estimate of drug-likeness (QED) is 0.00585. The molecule has 0 radical (unpaired) electrons. The second-order valence-electron chi connectivity index (χ2n) is 20.5. The first-order valence-corrected chi connectivity index (χ1v) is 30.4. The first kappa shape index (κ1) is 68.2. The summed E-state index contributed by atoms with van der Waals surface area (Å²) in [6, 6.07) is 42.4. The number of azo groups is 1. The van der Waals surface area contributed by atoms with Crippen molar-refractivity contribution in [3.63, 3.8) is 0 Å². The number of para-hydroxylation sites is 1. The molecular formula is C67H70ClN6NaO13S. The Bertz CT molecular complexity index is 3720. The number of fused-ring (bicyclic) bond motifs is 1. The van der Waals surface area contributed by atoms with Gasteiger partial charge in [0.1, 0.15) is 23.9 Å². The van der Waals surface area contributed by atoms with Crippen LogP contribution in [0.15, 0.2) is 156 Å². The molecule has 2 N–H and O–H groups in total. The number of halogens is 1. The van der Waals surface area contributed by atoms with Crippen molar-refractivity contribution in [2.24, 2.45) is 10.2 Å². The fourth-order valence-corrected chi connectivity index (χ4v) is 10.0. The molecule has 0 saturated heterocycles. The van der Waals surface area contributed by atoms with Crippen LogP contribution in [0.1, 0.15) is 117 Å². The van der Waals surface area contributed by atoms with Crippen LogP contribution < -0.4 is 67.5 Å². The number of nitrogens with zero attached hydrogens (tertiary/aromatic N) is 4. The van der Waals surface area contributed by atoms with Crippen molar-refractivity contribution in [1.82, 2.24) is 9.78 Å². The number of carbonyl (C=O) groups excluding carboxylic acids is 4. The van der Waals surface area contributed by atoms with Crippen LogP contribution in [0.4, 0.5) is 27.5 Å². The van der Waals surface area contributed by atoms with E-state index in [1.54, 1.807) is 118 Å². The molecule has 1 heterocycles. The smallest absolute Gasteiger partial charge is 0.497 e. The number of hydrogen-bond acceptors (Lipinski definition) is 16. The van der Waals surface area contributed by atoms with E-state index in [0.717, 1.165) is 19.3 Å². The molecule has 8 aromatic rings. The number of aromatic nitrogens is 2. The van der Waals surface area contributed by atoms with Gasteiger partial charge in [0.25, 0.3) is 5.91 Å².